The number of aryl methyl sites for hydroxylation is 2. The van der Waals surface area contributed by atoms with Crippen molar-refractivity contribution >= 4 is 5.82 Å². The van der Waals surface area contributed by atoms with Gasteiger partial charge in [-0.2, -0.15) is 0 Å². The molecular weight excluding hydrogens is 238 g/mol. The molecule has 19 heavy (non-hydrogen) atoms. The molecule has 0 N–H and O–H groups in total. The van der Waals surface area contributed by atoms with Gasteiger partial charge in [0, 0.05) is 19.7 Å². The first-order chi connectivity index (χ1) is 9.04. The van der Waals surface area contributed by atoms with Crippen LogP contribution in [0, 0.1) is 13.8 Å². The van der Waals surface area contributed by atoms with Crippen LogP contribution in [0.25, 0.3) is 11.1 Å². The normalized spacial score (nSPS) is 10.4. The number of benzene rings is 1. The number of rotatable bonds is 3. The lowest BCUT2D eigenvalue weighted by molar-refractivity contribution is 0.414. The van der Waals surface area contributed by atoms with Crippen LogP contribution in [0.4, 0.5) is 5.82 Å². The SMILES string of the molecule is COc1ccc(-c2c(C)ncnc2N(C)C)c(C)c1. The van der Waals surface area contributed by atoms with E-state index < -0.39 is 0 Å². The molecule has 0 bridgehead atoms. The van der Waals surface area contributed by atoms with Gasteiger partial charge >= 0.3 is 0 Å². The maximum absolute atomic E-state index is 5.25. The number of hydrogen-bond donors (Lipinski definition) is 0. The Hall–Kier alpha value is -2.10. The zero-order chi connectivity index (χ0) is 14.0. The van der Waals surface area contributed by atoms with E-state index in [1.165, 1.54) is 0 Å². The number of anilines is 1. The summed E-state index contributed by atoms with van der Waals surface area (Å²) in [6.45, 7) is 4.08. The summed E-state index contributed by atoms with van der Waals surface area (Å²) in [5.74, 6) is 1.79. The first kappa shape index (κ1) is 13.3. The van der Waals surface area contributed by atoms with Crippen LogP contribution in [0.3, 0.4) is 0 Å². The Morgan fingerprint density at radius 2 is 1.84 bits per heavy atom. The van der Waals surface area contributed by atoms with Crippen molar-refractivity contribution in [1.29, 1.82) is 0 Å². The van der Waals surface area contributed by atoms with Gasteiger partial charge in [-0.15, -0.1) is 0 Å². The van der Waals surface area contributed by atoms with Crippen LogP contribution in [0.2, 0.25) is 0 Å². The Labute approximate surface area is 114 Å². The summed E-state index contributed by atoms with van der Waals surface area (Å²) in [4.78, 5) is 10.7. The van der Waals surface area contributed by atoms with E-state index in [-0.39, 0.29) is 0 Å². The van der Waals surface area contributed by atoms with Gasteiger partial charge in [0.25, 0.3) is 0 Å². The molecular formula is C15H19N3O. The molecule has 4 heteroatoms. The number of methoxy groups -OCH3 is 1. The van der Waals surface area contributed by atoms with Gasteiger partial charge in [-0.05, 0) is 37.1 Å². The van der Waals surface area contributed by atoms with Gasteiger partial charge in [0.2, 0.25) is 0 Å². The molecule has 0 aliphatic carbocycles. The highest BCUT2D eigenvalue weighted by Crippen LogP contribution is 2.33. The minimum Gasteiger partial charge on any atom is -0.497 e. The van der Waals surface area contributed by atoms with E-state index in [1.54, 1.807) is 13.4 Å². The molecule has 1 aromatic heterocycles. The molecule has 1 aromatic carbocycles. The van der Waals surface area contributed by atoms with Gasteiger partial charge in [-0.1, -0.05) is 6.07 Å². The maximum atomic E-state index is 5.25. The molecule has 2 aromatic rings. The summed E-state index contributed by atoms with van der Waals surface area (Å²) >= 11 is 0. The number of aromatic nitrogens is 2. The Kier molecular flexibility index (Phi) is 3.69. The van der Waals surface area contributed by atoms with Crippen LogP contribution in [0.5, 0.6) is 5.75 Å². The Bertz CT molecular complexity index is 594. The highest BCUT2D eigenvalue weighted by Gasteiger charge is 2.14. The Morgan fingerprint density at radius 3 is 2.42 bits per heavy atom. The lowest BCUT2D eigenvalue weighted by Crippen LogP contribution is -2.13. The first-order valence-corrected chi connectivity index (χ1v) is 6.18. The van der Waals surface area contributed by atoms with E-state index in [4.69, 9.17) is 4.74 Å². The first-order valence-electron chi connectivity index (χ1n) is 6.18. The van der Waals surface area contributed by atoms with Gasteiger partial charge < -0.3 is 9.64 Å². The van der Waals surface area contributed by atoms with Crippen molar-refractivity contribution in [2.75, 3.05) is 26.1 Å². The summed E-state index contributed by atoms with van der Waals surface area (Å²) in [5, 5.41) is 0. The smallest absolute Gasteiger partial charge is 0.139 e. The van der Waals surface area contributed by atoms with Crippen molar-refractivity contribution < 1.29 is 4.74 Å². The molecule has 0 atom stereocenters. The lowest BCUT2D eigenvalue weighted by Gasteiger charge is -2.19. The predicted octanol–water partition coefficient (Wildman–Crippen LogP) is 2.84. The fourth-order valence-electron chi connectivity index (χ4n) is 2.16. The van der Waals surface area contributed by atoms with Crippen molar-refractivity contribution in [3.8, 4) is 16.9 Å². The predicted molar refractivity (Wildman–Crippen MR) is 77.8 cm³/mol. The topological polar surface area (TPSA) is 38.3 Å². The minimum absolute atomic E-state index is 0.863. The maximum Gasteiger partial charge on any atom is 0.139 e. The molecule has 100 valence electrons. The number of ether oxygens (including phenoxy) is 1. The molecule has 0 spiro atoms. The standard InChI is InChI=1S/C15H19N3O/c1-10-8-12(19-5)6-7-13(10)14-11(2)16-9-17-15(14)18(3)4/h6-9H,1-5H3. The molecule has 0 fully saturated rings. The molecule has 1 heterocycles. The Morgan fingerprint density at radius 1 is 1.11 bits per heavy atom. The monoisotopic (exact) mass is 257 g/mol. The molecule has 0 unspecified atom stereocenters. The average molecular weight is 257 g/mol. The van der Waals surface area contributed by atoms with E-state index in [2.05, 4.69) is 23.0 Å². The third-order valence-electron chi connectivity index (χ3n) is 3.14. The van der Waals surface area contributed by atoms with E-state index >= 15 is 0 Å². The van der Waals surface area contributed by atoms with Gasteiger partial charge in [-0.3, -0.25) is 0 Å². The average Bonchev–Trinajstić information content (AvgIpc) is 2.38. The van der Waals surface area contributed by atoms with Crippen LogP contribution in [-0.2, 0) is 0 Å². The van der Waals surface area contributed by atoms with Crippen molar-refractivity contribution in [3.05, 3.63) is 35.8 Å². The Balaban J connectivity index is 2.65. The molecule has 0 radical (unpaired) electrons. The van der Waals surface area contributed by atoms with Gasteiger partial charge in [0.05, 0.1) is 12.8 Å². The van der Waals surface area contributed by atoms with Crippen molar-refractivity contribution in [2.24, 2.45) is 0 Å². The fourth-order valence-corrected chi connectivity index (χ4v) is 2.16. The van der Waals surface area contributed by atoms with E-state index in [9.17, 15) is 0 Å². The number of hydrogen-bond acceptors (Lipinski definition) is 4. The second kappa shape index (κ2) is 5.26. The van der Waals surface area contributed by atoms with Crippen LogP contribution in [0.15, 0.2) is 24.5 Å². The second-order valence-electron chi connectivity index (χ2n) is 4.73. The molecule has 0 aliphatic heterocycles. The summed E-state index contributed by atoms with van der Waals surface area (Å²) in [6.07, 6.45) is 1.60. The van der Waals surface area contributed by atoms with Gasteiger partial charge in [0.15, 0.2) is 0 Å². The summed E-state index contributed by atoms with van der Waals surface area (Å²) < 4.78 is 5.25. The van der Waals surface area contributed by atoms with Crippen LogP contribution in [-0.4, -0.2) is 31.2 Å². The molecule has 4 nitrogen and oxygen atoms in total. The largest absolute Gasteiger partial charge is 0.497 e. The quantitative estimate of drug-likeness (QED) is 0.847. The van der Waals surface area contributed by atoms with Gasteiger partial charge in [-0.25, -0.2) is 9.97 Å². The fraction of sp³-hybridized carbons (Fsp3) is 0.333. The zero-order valence-corrected chi connectivity index (χ0v) is 12.1. The third kappa shape index (κ3) is 2.52. The minimum atomic E-state index is 0.863. The molecule has 0 amide bonds. The van der Waals surface area contributed by atoms with Crippen molar-refractivity contribution in [1.82, 2.24) is 9.97 Å². The molecule has 0 saturated heterocycles. The molecule has 2 rings (SSSR count). The zero-order valence-electron chi connectivity index (χ0n) is 12.1. The summed E-state index contributed by atoms with van der Waals surface area (Å²) in [5.41, 5.74) is 4.35. The van der Waals surface area contributed by atoms with Crippen molar-refractivity contribution in [2.45, 2.75) is 13.8 Å². The van der Waals surface area contributed by atoms with E-state index in [1.807, 2.05) is 38.1 Å². The molecule has 0 aliphatic rings. The summed E-state index contributed by atoms with van der Waals surface area (Å²) in [7, 11) is 5.66. The van der Waals surface area contributed by atoms with Crippen molar-refractivity contribution in [3.63, 3.8) is 0 Å². The van der Waals surface area contributed by atoms with Crippen LogP contribution < -0.4 is 9.64 Å². The highest BCUT2D eigenvalue weighted by molar-refractivity contribution is 5.79. The van der Waals surface area contributed by atoms with Gasteiger partial charge in [0.1, 0.15) is 17.9 Å². The van der Waals surface area contributed by atoms with Crippen LogP contribution >= 0.6 is 0 Å². The summed E-state index contributed by atoms with van der Waals surface area (Å²) in [6, 6.07) is 6.06. The number of nitrogens with zero attached hydrogens (tertiary/aromatic N) is 3. The lowest BCUT2D eigenvalue weighted by atomic mass is 9.99. The molecule has 0 saturated carbocycles. The van der Waals surface area contributed by atoms with Crippen LogP contribution in [0.1, 0.15) is 11.3 Å². The highest BCUT2D eigenvalue weighted by atomic mass is 16.5. The van der Waals surface area contributed by atoms with E-state index in [0.29, 0.717) is 0 Å². The van der Waals surface area contributed by atoms with E-state index in [0.717, 1.165) is 34.0 Å². The third-order valence-corrected chi connectivity index (χ3v) is 3.14. The second-order valence-corrected chi connectivity index (χ2v) is 4.73.